The number of rotatable bonds is 2. The molecule has 0 aliphatic rings. The summed E-state index contributed by atoms with van der Waals surface area (Å²) in [5, 5.41) is 4.01. The lowest BCUT2D eigenvalue weighted by Gasteiger charge is -1.96. The molecular weight excluding hydrogens is 225 g/mol. The Hall–Kier alpha value is -1.20. The van der Waals surface area contributed by atoms with Gasteiger partial charge in [-0.15, -0.1) is 0 Å². The van der Waals surface area contributed by atoms with Gasteiger partial charge in [0.25, 0.3) is 0 Å². The molecule has 6 heteroatoms. The smallest absolute Gasteiger partial charge is 0.184 e. The van der Waals surface area contributed by atoms with Crippen LogP contribution in [0.3, 0.4) is 0 Å². The van der Waals surface area contributed by atoms with Crippen LogP contribution in [0.2, 0.25) is 5.02 Å². The third kappa shape index (κ3) is 3.68. The Morgan fingerprint density at radius 2 is 2.29 bits per heavy atom. The normalized spacial score (nSPS) is 10.4. The third-order valence-electron chi connectivity index (χ3n) is 1.27. The molecule has 0 aliphatic heterocycles. The van der Waals surface area contributed by atoms with E-state index in [0.29, 0.717) is 10.6 Å². The van der Waals surface area contributed by atoms with Gasteiger partial charge in [-0.25, -0.2) is 4.39 Å². The van der Waals surface area contributed by atoms with Crippen molar-refractivity contribution < 1.29 is 4.39 Å². The highest BCUT2D eigenvalue weighted by Crippen LogP contribution is 2.12. The number of benzene rings is 1. The molecule has 0 saturated carbocycles. The fourth-order valence-corrected chi connectivity index (χ4v) is 1.10. The molecule has 0 amide bonds. The minimum Gasteiger partial charge on any atom is -0.375 e. The Kier molecular flexibility index (Phi) is 3.79. The van der Waals surface area contributed by atoms with Crippen molar-refractivity contribution in [2.45, 2.75) is 0 Å². The zero-order valence-corrected chi connectivity index (χ0v) is 8.57. The second-order valence-corrected chi connectivity index (χ2v) is 3.31. The summed E-state index contributed by atoms with van der Waals surface area (Å²) in [6.45, 7) is 0. The maximum Gasteiger partial charge on any atom is 0.184 e. The molecule has 0 aliphatic carbocycles. The average Bonchev–Trinajstić information content (AvgIpc) is 2.01. The van der Waals surface area contributed by atoms with Crippen LogP contribution in [0, 0.1) is 5.82 Å². The van der Waals surface area contributed by atoms with Crippen molar-refractivity contribution in [3.8, 4) is 0 Å². The highest BCUT2D eigenvalue weighted by atomic mass is 35.5. The van der Waals surface area contributed by atoms with E-state index in [1.54, 1.807) is 6.07 Å². The largest absolute Gasteiger partial charge is 0.375 e. The number of thiocarbonyl (C=S) groups is 1. The highest BCUT2D eigenvalue weighted by Gasteiger charge is 1.96. The molecule has 1 aromatic carbocycles. The second-order valence-electron chi connectivity index (χ2n) is 2.44. The van der Waals surface area contributed by atoms with E-state index in [4.69, 9.17) is 17.3 Å². The van der Waals surface area contributed by atoms with Crippen LogP contribution < -0.4 is 11.2 Å². The van der Waals surface area contributed by atoms with Crippen molar-refractivity contribution in [2.24, 2.45) is 10.8 Å². The van der Waals surface area contributed by atoms with Crippen molar-refractivity contribution in [1.29, 1.82) is 0 Å². The van der Waals surface area contributed by atoms with E-state index in [2.05, 4.69) is 22.7 Å². The molecule has 0 unspecified atom stereocenters. The summed E-state index contributed by atoms with van der Waals surface area (Å²) >= 11 is 10.1. The van der Waals surface area contributed by atoms with Crippen LogP contribution in [0.15, 0.2) is 23.3 Å². The van der Waals surface area contributed by atoms with E-state index in [1.807, 2.05) is 0 Å². The molecular formula is C8H7ClFN3S. The summed E-state index contributed by atoms with van der Waals surface area (Å²) in [5.41, 5.74) is 8.00. The molecule has 3 N–H and O–H groups in total. The number of nitrogens with one attached hydrogen (secondary N) is 1. The van der Waals surface area contributed by atoms with E-state index in [0.717, 1.165) is 0 Å². The van der Waals surface area contributed by atoms with E-state index >= 15 is 0 Å². The molecule has 74 valence electrons. The number of nitrogens with two attached hydrogens (primary N) is 1. The molecule has 0 fully saturated rings. The predicted octanol–water partition coefficient (Wildman–Crippen LogP) is 1.65. The molecule has 14 heavy (non-hydrogen) atoms. The Labute approximate surface area is 90.7 Å². The molecule has 1 rings (SSSR count). The van der Waals surface area contributed by atoms with Gasteiger partial charge in [-0.2, -0.15) is 5.10 Å². The molecule has 0 spiro atoms. The SMILES string of the molecule is NC(=S)N/N=C/c1cc(F)cc(Cl)c1. The van der Waals surface area contributed by atoms with Crippen molar-refractivity contribution in [3.05, 3.63) is 34.6 Å². The molecule has 0 saturated heterocycles. The monoisotopic (exact) mass is 231 g/mol. The van der Waals surface area contributed by atoms with Gasteiger partial charge in [0.15, 0.2) is 5.11 Å². The first-order valence-corrected chi connectivity index (χ1v) is 4.41. The minimum atomic E-state index is -0.422. The van der Waals surface area contributed by atoms with Crippen LogP contribution in [0.4, 0.5) is 4.39 Å². The van der Waals surface area contributed by atoms with E-state index in [9.17, 15) is 4.39 Å². The van der Waals surface area contributed by atoms with Gasteiger partial charge in [0.1, 0.15) is 5.82 Å². The average molecular weight is 232 g/mol. The highest BCUT2D eigenvalue weighted by molar-refractivity contribution is 7.80. The second kappa shape index (κ2) is 4.88. The zero-order chi connectivity index (χ0) is 10.6. The lowest BCUT2D eigenvalue weighted by atomic mass is 10.2. The van der Waals surface area contributed by atoms with E-state index in [1.165, 1.54) is 18.3 Å². The molecule has 0 atom stereocenters. The Balaban J connectivity index is 2.76. The number of nitrogens with zero attached hydrogens (tertiary/aromatic N) is 1. The molecule has 0 radical (unpaired) electrons. The summed E-state index contributed by atoms with van der Waals surface area (Å²) in [6.07, 6.45) is 1.37. The molecule has 0 bridgehead atoms. The fourth-order valence-electron chi connectivity index (χ4n) is 0.820. The molecule has 1 aromatic rings. The lowest BCUT2D eigenvalue weighted by molar-refractivity contribution is 0.627. The number of hydrogen-bond acceptors (Lipinski definition) is 2. The molecule has 0 heterocycles. The third-order valence-corrected chi connectivity index (χ3v) is 1.58. The Bertz CT molecular complexity index is 361. The summed E-state index contributed by atoms with van der Waals surface area (Å²) < 4.78 is 12.8. The molecule has 3 nitrogen and oxygen atoms in total. The van der Waals surface area contributed by atoms with Crippen molar-refractivity contribution in [1.82, 2.24) is 5.43 Å². The summed E-state index contributed by atoms with van der Waals surface area (Å²) in [6, 6.07) is 4.06. The number of halogens is 2. The van der Waals surface area contributed by atoms with Crippen LogP contribution in [0.5, 0.6) is 0 Å². The quantitative estimate of drug-likeness (QED) is 0.462. The maximum absolute atomic E-state index is 12.8. The van der Waals surface area contributed by atoms with Gasteiger partial charge < -0.3 is 5.73 Å². The van der Waals surface area contributed by atoms with Crippen LogP contribution in [-0.2, 0) is 0 Å². The first kappa shape index (κ1) is 10.9. The summed E-state index contributed by atoms with van der Waals surface area (Å²) in [5.74, 6) is -0.422. The summed E-state index contributed by atoms with van der Waals surface area (Å²) in [7, 11) is 0. The van der Waals surface area contributed by atoms with Gasteiger partial charge in [0.2, 0.25) is 0 Å². The van der Waals surface area contributed by atoms with Crippen molar-refractivity contribution in [3.63, 3.8) is 0 Å². The lowest BCUT2D eigenvalue weighted by Crippen LogP contribution is -2.23. The first-order chi connectivity index (χ1) is 6.58. The zero-order valence-electron chi connectivity index (χ0n) is 7.00. The van der Waals surface area contributed by atoms with Gasteiger partial charge in [-0.05, 0) is 36.0 Å². The molecule has 0 aromatic heterocycles. The predicted molar refractivity (Wildman–Crippen MR) is 58.9 cm³/mol. The van der Waals surface area contributed by atoms with E-state index in [-0.39, 0.29) is 5.11 Å². The standard InChI is InChI=1S/C8H7ClFN3S/c9-6-1-5(2-7(10)3-6)4-12-13-8(11)14/h1-4H,(H3,11,13,14)/b12-4+. The van der Waals surface area contributed by atoms with Gasteiger partial charge in [-0.3, -0.25) is 5.43 Å². The van der Waals surface area contributed by atoms with Gasteiger partial charge in [-0.1, -0.05) is 11.6 Å². The Morgan fingerprint density at radius 3 is 2.86 bits per heavy atom. The van der Waals surface area contributed by atoms with Crippen molar-refractivity contribution >= 4 is 35.1 Å². The number of hydrogen-bond donors (Lipinski definition) is 2. The van der Waals surface area contributed by atoms with Crippen LogP contribution in [-0.4, -0.2) is 11.3 Å². The topological polar surface area (TPSA) is 50.4 Å². The Morgan fingerprint density at radius 1 is 1.57 bits per heavy atom. The maximum atomic E-state index is 12.8. The van der Waals surface area contributed by atoms with Gasteiger partial charge in [0.05, 0.1) is 6.21 Å². The van der Waals surface area contributed by atoms with E-state index < -0.39 is 5.82 Å². The fraction of sp³-hybridized carbons (Fsp3) is 0. The van der Waals surface area contributed by atoms with Crippen molar-refractivity contribution in [2.75, 3.05) is 0 Å². The van der Waals surface area contributed by atoms with Crippen LogP contribution >= 0.6 is 23.8 Å². The first-order valence-electron chi connectivity index (χ1n) is 3.62. The van der Waals surface area contributed by atoms with Crippen LogP contribution in [0.1, 0.15) is 5.56 Å². The van der Waals surface area contributed by atoms with Gasteiger partial charge in [0, 0.05) is 5.02 Å². The minimum absolute atomic E-state index is 0.0451. The summed E-state index contributed by atoms with van der Waals surface area (Å²) in [4.78, 5) is 0. The van der Waals surface area contributed by atoms with Gasteiger partial charge >= 0.3 is 0 Å². The number of hydrazone groups is 1. The van der Waals surface area contributed by atoms with Crippen LogP contribution in [0.25, 0.3) is 0 Å².